The van der Waals surface area contributed by atoms with Crippen LogP contribution in [0.25, 0.3) is 0 Å². The molecular formula is C13H11Br3N2O2S. The van der Waals surface area contributed by atoms with Crippen molar-refractivity contribution in [2.75, 3.05) is 4.72 Å². The second kappa shape index (κ2) is 6.78. The lowest BCUT2D eigenvalue weighted by atomic mass is 10.2. The van der Waals surface area contributed by atoms with E-state index in [-0.39, 0.29) is 11.4 Å². The zero-order valence-corrected chi connectivity index (χ0v) is 16.2. The van der Waals surface area contributed by atoms with Gasteiger partial charge in [-0.05, 0) is 55.6 Å². The third-order valence-electron chi connectivity index (χ3n) is 2.73. The van der Waals surface area contributed by atoms with Crippen LogP contribution in [0.2, 0.25) is 0 Å². The Labute approximate surface area is 148 Å². The topological polar surface area (TPSA) is 72.2 Å². The number of halogens is 3. The number of nitrogens with two attached hydrogens (primary N) is 1. The Morgan fingerprint density at radius 1 is 1.05 bits per heavy atom. The Bertz CT molecular complexity index is 756. The van der Waals surface area contributed by atoms with Crippen molar-refractivity contribution in [2.45, 2.75) is 11.4 Å². The largest absolute Gasteiger partial charge is 0.326 e. The molecule has 0 aliphatic rings. The van der Waals surface area contributed by atoms with Gasteiger partial charge >= 0.3 is 0 Å². The van der Waals surface area contributed by atoms with Crippen LogP contribution < -0.4 is 10.5 Å². The summed E-state index contributed by atoms with van der Waals surface area (Å²) in [5.41, 5.74) is 6.60. The normalized spacial score (nSPS) is 11.4. The first-order chi connectivity index (χ1) is 9.85. The number of hydrogen-bond acceptors (Lipinski definition) is 3. The number of rotatable bonds is 4. The molecular weight excluding hydrogens is 488 g/mol. The monoisotopic (exact) mass is 496 g/mol. The Balaban J connectivity index is 2.48. The van der Waals surface area contributed by atoms with Gasteiger partial charge in [0.05, 0.1) is 10.6 Å². The van der Waals surface area contributed by atoms with Gasteiger partial charge in [-0.3, -0.25) is 4.72 Å². The van der Waals surface area contributed by atoms with Crippen molar-refractivity contribution in [3.63, 3.8) is 0 Å². The van der Waals surface area contributed by atoms with Crippen molar-refractivity contribution in [2.24, 2.45) is 5.73 Å². The molecule has 4 nitrogen and oxygen atoms in total. The Hall–Kier alpha value is -0.410. The van der Waals surface area contributed by atoms with Gasteiger partial charge in [0.15, 0.2) is 0 Å². The third-order valence-corrected chi connectivity index (χ3v) is 5.88. The molecule has 2 aromatic rings. The second-order valence-corrected chi connectivity index (χ2v) is 8.44. The van der Waals surface area contributed by atoms with Crippen molar-refractivity contribution < 1.29 is 8.42 Å². The summed E-state index contributed by atoms with van der Waals surface area (Å²) in [6, 6.07) is 10.2. The molecule has 0 amide bonds. The van der Waals surface area contributed by atoms with Crippen molar-refractivity contribution >= 4 is 63.5 Å². The molecule has 0 aromatic heterocycles. The fraction of sp³-hybridized carbons (Fsp3) is 0.0769. The second-order valence-electron chi connectivity index (χ2n) is 4.16. The molecule has 0 aliphatic carbocycles. The van der Waals surface area contributed by atoms with Gasteiger partial charge < -0.3 is 5.73 Å². The van der Waals surface area contributed by atoms with E-state index in [0.717, 1.165) is 4.47 Å². The molecule has 0 spiro atoms. The molecule has 112 valence electrons. The average Bonchev–Trinajstić information content (AvgIpc) is 2.43. The fourth-order valence-corrected chi connectivity index (χ4v) is 5.84. The zero-order valence-electron chi connectivity index (χ0n) is 10.6. The van der Waals surface area contributed by atoms with E-state index in [9.17, 15) is 8.42 Å². The summed E-state index contributed by atoms with van der Waals surface area (Å²) in [6.07, 6.45) is 0. The predicted molar refractivity (Wildman–Crippen MR) is 94.7 cm³/mol. The van der Waals surface area contributed by atoms with Gasteiger partial charge in [0.1, 0.15) is 0 Å². The van der Waals surface area contributed by atoms with Crippen LogP contribution in [-0.4, -0.2) is 8.42 Å². The molecule has 0 unspecified atom stereocenters. The molecule has 0 radical (unpaired) electrons. The summed E-state index contributed by atoms with van der Waals surface area (Å²) in [6.45, 7) is 0.153. The number of hydrogen-bond donors (Lipinski definition) is 2. The van der Waals surface area contributed by atoms with E-state index in [4.69, 9.17) is 5.73 Å². The minimum Gasteiger partial charge on any atom is -0.326 e. The van der Waals surface area contributed by atoms with Gasteiger partial charge in [-0.25, -0.2) is 8.42 Å². The van der Waals surface area contributed by atoms with Gasteiger partial charge in [-0.15, -0.1) is 0 Å². The first kappa shape index (κ1) is 17.0. The molecule has 0 aliphatic heterocycles. The summed E-state index contributed by atoms with van der Waals surface area (Å²) in [7, 11) is -3.72. The number of sulfonamides is 1. The summed E-state index contributed by atoms with van der Waals surface area (Å²) in [5, 5.41) is 0. The number of nitrogens with one attached hydrogen (secondary N) is 1. The highest BCUT2D eigenvalue weighted by atomic mass is 79.9. The first-order valence-electron chi connectivity index (χ1n) is 5.80. The van der Waals surface area contributed by atoms with Crippen molar-refractivity contribution in [3.8, 4) is 0 Å². The van der Waals surface area contributed by atoms with E-state index in [1.54, 1.807) is 30.3 Å². The smallest absolute Gasteiger partial charge is 0.262 e. The lowest BCUT2D eigenvalue weighted by Crippen LogP contribution is -2.16. The molecule has 0 saturated carbocycles. The minimum atomic E-state index is -3.72. The number of benzene rings is 2. The number of anilines is 1. The Morgan fingerprint density at radius 3 is 2.19 bits per heavy atom. The Kier molecular flexibility index (Phi) is 5.48. The first-order valence-corrected chi connectivity index (χ1v) is 9.66. The van der Waals surface area contributed by atoms with Crippen molar-refractivity contribution in [1.82, 2.24) is 0 Å². The van der Waals surface area contributed by atoms with Crippen LogP contribution in [0.1, 0.15) is 5.56 Å². The van der Waals surface area contributed by atoms with Gasteiger partial charge in [0.25, 0.3) is 10.0 Å². The average molecular weight is 499 g/mol. The highest BCUT2D eigenvalue weighted by Crippen LogP contribution is 2.36. The molecule has 2 rings (SSSR count). The summed E-state index contributed by atoms with van der Waals surface area (Å²) in [4.78, 5) is 0.175. The third kappa shape index (κ3) is 3.87. The van der Waals surface area contributed by atoms with Crippen LogP contribution in [0.4, 0.5) is 5.69 Å². The van der Waals surface area contributed by atoms with Gasteiger partial charge in [0.2, 0.25) is 0 Å². The van der Waals surface area contributed by atoms with Crippen LogP contribution in [0.5, 0.6) is 0 Å². The van der Waals surface area contributed by atoms with E-state index in [1.807, 2.05) is 0 Å². The van der Waals surface area contributed by atoms with Crippen molar-refractivity contribution in [3.05, 3.63) is 55.4 Å². The fourth-order valence-electron chi connectivity index (χ4n) is 1.76. The Morgan fingerprint density at radius 2 is 1.62 bits per heavy atom. The van der Waals surface area contributed by atoms with Crippen LogP contribution in [0.3, 0.4) is 0 Å². The maximum atomic E-state index is 12.6. The molecule has 0 saturated heterocycles. The molecule has 0 fully saturated rings. The van der Waals surface area contributed by atoms with E-state index < -0.39 is 10.0 Å². The van der Waals surface area contributed by atoms with E-state index in [0.29, 0.717) is 20.2 Å². The lowest BCUT2D eigenvalue weighted by Gasteiger charge is -2.14. The van der Waals surface area contributed by atoms with Crippen LogP contribution in [0.15, 0.2) is 54.7 Å². The molecule has 3 N–H and O–H groups in total. The standard InChI is InChI=1S/C13H11Br3N2O2S/c14-9-5-10(15)13(11(16)6-9)18-21(19,20)12-4-2-1-3-8(12)7-17/h1-6,18H,7,17H2. The van der Waals surface area contributed by atoms with Crippen molar-refractivity contribution in [1.29, 1.82) is 0 Å². The molecule has 8 heteroatoms. The SMILES string of the molecule is NCc1ccccc1S(=O)(=O)Nc1c(Br)cc(Br)cc1Br. The van der Waals surface area contributed by atoms with E-state index >= 15 is 0 Å². The van der Waals surface area contributed by atoms with E-state index in [2.05, 4.69) is 52.5 Å². The van der Waals surface area contributed by atoms with Gasteiger partial charge in [-0.1, -0.05) is 34.1 Å². The molecule has 0 bridgehead atoms. The highest BCUT2D eigenvalue weighted by Gasteiger charge is 2.20. The molecule has 0 heterocycles. The molecule has 2 aromatic carbocycles. The van der Waals surface area contributed by atoms with Crippen LogP contribution in [-0.2, 0) is 16.6 Å². The molecule has 21 heavy (non-hydrogen) atoms. The van der Waals surface area contributed by atoms with Gasteiger partial charge in [0, 0.05) is 20.0 Å². The van der Waals surface area contributed by atoms with E-state index in [1.165, 1.54) is 6.07 Å². The predicted octanol–water partition coefficient (Wildman–Crippen LogP) is 4.23. The lowest BCUT2D eigenvalue weighted by molar-refractivity contribution is 0.600. The van der Waals surface area contributed by atoms with Gasteiger partial charge in [-0.2, -0.15) is 0 Å². The summed E-state index contributed by atoms with van der Waals surface area (Å²) < 4.78 is 29.7. The summed E-state index contributed by atoms with van der Waals surface area (Å²) in [5.74, 6) is 0. The maximum absolute atomic E-state index is 12.6. The maximum Gasteiger partial charge on any atom is 0.262 e. The zero-order chi connectivity index (χ0) is 15.6. The molecule has 0 atom stereocenters. The highest BCUT2D eigenvalue weighted by molar-refractivity contribution is 9.11. The van der Waals surface area contributed by atoms with Crippen LogP contribution in [0, 0.1) is 0 Å². The summed E-state index contributed by atoms with van der Waals surface area (Å²) >= 11 is 10.0. The quantitative estimate of drug-likeness (QED) is 0.662. The minimum absolute atomic E-state index is 0.153. The van der Waals surface area contributed by atoms with Crippen LogP contribution >= 0.6 is 47.8 Å².